The predicted octanol–water partition coefficient (Wildman–Crippen LogP) is -4.06. The number of aliphatic carboxylic acids is 3. The van der Waals surface area contributed by atoms with Crippen molar-refractivity contribution in [2.75, 3.05) is 33.0 Å². The summed E-state index contributed by atoms with van der Waals surface area (Å²) in [4.78, 5) is 49.5. The van der Waals surface area contributed by atoms with Gasteiger partial charge in [0.2, 0.25) is 11.1 Å². The maximum Gasteiger partial charge on any atom is 1.00 e. The van der Waals surface area contributed by atoms with Gasteiger partial charge < -0.3 is 141 Å². The van der Waals surface area contributed by atoms with Crippen molar-refractivity contribution in [3.63, 3.8) is 0 Å². The number of aldehydes is 1. The topological polar surface area (TPSA) is 581 Å². The molecule has 577 valence electrons. The van der Waals surface area contributed by atoms with Gasteiger partial charge in [-0.05, 0) is 74.1 Å². The van der Waals surface area contributed by atoms with Crippen LogP contribution in [0.5, 0.6) is 0 Å². The molecule has 41 heteroatoms. The van der Waals surface area contributed by atoms with Crippen LogP contribution in [0.2, 0.25) is 0 Å². The first-order chi connectivity index (χ1) is 40.7. The van der Waals surface area contributed by atoms with Crippen LogP contribution in [0.4, 0.5) is 0 Å². The molecule has 8 saturated heterocycles. The third kappa shape index (κ3) is 38.7. The number of hydroxylamine groups is 2. The van der Waals surface area contributed by atoms with Gasteiger partial charge >= 0.3 is 35.5 Å². The summed E-state index contributed by atoms with van der Waals surface area (Å²) in [6.07, 6.45) is -19.0. The predicted molar refractivity (Wildman–Crippen MR) is 354 cm³/mol. The van der Waals surface area contributed by atoms with Crippen LogP contribution < -0.4 is 29.6 Å². The Hall–Kier alpha value is -0.755. The molecule has 0 aromatic heterocycles. The number of hydrogen-bond donors (Lipinski definition) is 19. The van der Waals surface area contributed by atoms with E-state index < -0.39 is 147 Å². The molecule has 35 nitrogen and oxygen atoms in total. The van der Waals surface area contributed by atoms with Crippen LogP contribution in [-0.2, 0) is 57.1 Å². The average Bonchev–Trinajstić information content (AvgIpc) is 1.74. The fourth-order valence-corrected chi connectivity index (χ4v) is 9.82. The van der Waals surface area contributed by atoms with Crippen molar-refractivity contribution in [1.82, 2.24) is 5.06 Å². The fraction of sp³-hybridized carbons (Fsp3) is 0.927. The van der Waals surface area contributed by atoms with Crippen molar-refractivity contribution in [3.05, 3.63) is 4.91 Å². The van der Waals surface area contributed by atoms with Crippen LogP contribution in [0, 0.1) is 4.91 Å². The molecular formula is C55H118BBr2Cl2N2NaO33+. The van der Waals surface area contributed by atoms with Crippen molar-refractivity contribution in [2.45, 2.75) is 296 Å². The molecule has 0 spiro atoms. The normalized spacial score (nSPS) is 33.3. The summed E-state index contributed by atoms with van der Waals surface area (Å²) >= 11 is 5.58. The number of carboxylic acid groups (broad SMARTS) is 3. The van der Waals surface area contributed by atoms with Gasteiger partial charge in [-0.1, -0.05) is 22.3 Å². The molecule has 0 aliphatic carbocycles. The zero-order chi connectivity index (χ0) is 69.6. The number of carbonyl (C=O) groups is 4. The van der Waals surface area contributed by atoms with Crippen LogP contribution in [0.1, 0.15) is 152 Å². The number of carbonyl (C=O) groups excluding carboxylic acids is 1. The van der Waals surface area contributed by atoms with E-state index in [1.165, 1.54) is 29.6 Å². The largest absolute Gasteiger partial charge is 1.00 e. The molecule has 0 amide bonds. The number of aliphatic hydroxyl groups excluding tert-OH is 13. The molecule has 0 aromatic carbocycles. The number of nitroso groups, excluding NO2 is 1. The number of fused-ring (bicyclic) bond motifs is 4. The van der Waals surface area contributed by atoms with Gasteiger partial charge in [0.25, 0.3) is 11.9 Å². The molecule has 8 rings (SSSR count). The molecule has 8 heterocycles. The van der Waals surface area contributed by atoms with Crippen molar-refractivity contribution >= 4 is 90.1 Å². The van der Waals surface area contributed by atoms with Crippen molar-refractivity contribution in [1.29, 1.82) is 0 Å². The van der Waals surface area contributed by atoms with Gasteiger partial charge in [0.05, 0.1) is 47.9 Å². The van der Waals surface area contributed by atoms with Gasteiger partial charge in [-0.2, -0.15) is 5.06 Å². The summed E-state index contributed by atoms with van der Waals surface area (Å²) in [5.74, 6) is -3.20. The second kappa shape index (κ2) is 58.6. The number of aliphatic hydroxyl groups is 13. The Labute approximate surface area is 619 Å². The smallest absolute Gasteiger partial charge is 1.00 e. The summed E-state index contributed by atoms with van der Waals surface area (Å²) in [6.45, 7) is 23.5. The van der Waals surface area contributed by atoms with Crippen molar-refractivity contribution < 1.29 is 194 Å². The summed E-state index contributed by atoms with van der Waals surface area (Å²) in [7, 11) is 0. The molecule has 4 bridgehead atoms. The fourth-order valence-electron chi connectivity index (χ4n) is 9.82. The summed E-state index contributed by atoms with van der Waals surface area (Å²) in [6, 6.07) is 0. The van der Waals surface area contributed by atoms with E-state index in [0.717, 1.165) is 45.8 Å². The molecule has 21 N–H and O–H groups in total. The second-order valence-electron chi connectivity index (χ2n) is 22.8. The number of halogens is 4. The van der Waals surface area contributed by atoms with Gasteiger partial charge in [-0.3, -0.25) is 14.2 Å². The minimum Gasteiger partial charge on any atom is -1.00 e. The SMILES string of the molecule is Br.C.C.C.CC(=O)O.CC(=O)O.CC1(C)CCCC(C)(C)N1O.CC1(C)CCCC(C)(C)[N+]1=O.CC=O.CCO.CCO.Cl.O.O=C(O)C1O[C@@H](O[C@@H]2C3COC2[C@@H](O)[C@H](O)O3)[C@@H](O)[C@@H](O)[C@H]1O.OBr.OCC1O[C@@H](O[C@@H]2C3COC2[C@@H](O)[C@H](O)O3)[C@@H](O)[C@@H](O)[C@H]1O.OCl.[B].[H-].[Na+]. The third-order valence-electron chi connectivity index (χ3n) is 13.8. The van der Waals surface area contributed by atoms with Gasteiger partial charge in [0.15, 0.2) is 31.3 Å². The zero-order valence-electron chi connectivity index (χ0n) is 55.8. The van der Waals surface area contributed by atoms with Crippen LogP contribution in [0.3, 0.4) is 0 Å². The monoisotopic (exact) mass is 1600 g/mol. The average molecular weight is 1600 g/mol. The van der Waals surface area contributed by atoms with E-state index in [2.05, 4.69) is 39.6 Å². The van der Waals surface area contributed by atoms with E-state index in [9.17, 15) is 66.0 Å². The molecule has 20 atom stereocenters. The molecule has 96 heavy (non-hydrogen) atoms. The Morgan fingerprint density at radius 1 is 0.604 bits per heavy atom. The van der Waals surface area contributed by atoms with E-state index in [-0.39, 0.29) is 145 Å². The molecular weight excluding hydrogens is 1480 g/mol. The Balaban J connectivity index is -0.0000000904. The number of nitrogens with zero attached hydrogens (tertiary/aromatic N) is 2. The summed E-state index contributed by atoms with van der Waals surface area (Å²) in [5, 5.41) is 157. The van der Waals surface area contributed by atoms with Gasteiger partial charge in [0, 0.05) is 96.8 Å². The van der Waals surface area contributed by atoms with Crippen molar-refractivity contribution in [2.24, 2.45) is 0 Å². The van der Waals surface area contributed by atoms with Crippen molar-refractivity contribution in [3.8, 4) is 0 Å². The first kappa shape index (κ1) is 119. The Kier molecular flexibility index (Phi) is 72.8. The van der Waals surface area contributed by atoms with E-state index in [0.29, 0.717) is 0 Å². The van der Waals surface area contributed by atoms with E-state index in [4.69, 9.17) is 91.8 Å². The zero-order valence-corrected chi connectivity index (χ0v) is 61.6. The molecule has 0 aromatic rings. The van der Waals surface area contributed by atoms with E-state index in [1.54, 1.807) is 13.8 Å². The minimum absolute atomic E-state index is 0. The van der Waals surface area contributed by atoms with Crippen LogP contribution in [-0.4, -0.2) is 322 Å². The molecule has 0 saturated carbocycles. The summed E-state index contributed by atoms with van der Waals surface area (Å²) < 4.78 is 56.5. The maximum absolute atomic E-state index is 11.7. The number of carboxylic acids is 3. The Morgan fingerprint density at radius 3 is 1.16 bits per heavy atom. The van der Waals surface area contributed by atoms with Gasteiger partial charge in [-0.15, -0.1) is 29.4 Å². The minimum atomic E-state index is -1.83. The number of ether oxygens (including phenoxy) is 8. The second-order valence-corrected chi connectivity index (χ2v) is 22.8. The first-order valence-electron chi connectivity index (χ1n) is 27.8. The molecule has 8 aliphatic heterocycles. The first-order valence-corrected chi connectivity index (χ1v) is 28.8. The molecule has 8 fully saturated rings. The standard InChI is InChI=1S/C12H18O11.C12H20O10.C9H19NO.C9H18NO.2C2H4O2.2C2H6O.C2H4O.3CH4.B.BrHO.BrH.ClHO.ClH.Na.H2O.H/c13-3-4(14)9(10(17)18)23-12(5(3)15)22-7-2-1-20-8(7)6(16)11(19)21-2;13-1-3-5(14)6(15)7(16)12(21-3)22-9-4-2-19-10(9)8(17)11(18)20-4;2*1-8(2)6-5-7-9(3,4)10(8)11;2*1-2(3)4;3*1-2-3;;;;;1-2;;1-2;;;;/h2-9,11-16,19H,1H2,(H,17,18);3-18H,1-2H2;11H,5-7H2,1-4H3;5-7H2,1-4H3;2*1H3,(H,3,4);2*3H,2H2,1H3;2H,1H3;3*1H4;;2H;1H;2H;1H;;1H2;/q;;;+1;;;;;;;;;;;;;;+1;;-1/t2?,3-,4+,5-,6+,7+,8?,9?,11+,12+;3?,4?,5-,6-,7-,8+,9+,10?,11+,12-;;;;;;;;;;;;;;;;;;/m00................../s1. The Morgan fingerprint density at radius 2 is 0.885 bits per heavy atom. The van der Waals surface area contributed by atoms with E-state index in [1.807, 2.05) is 44.0 Å². The number of hydrogen-bond acceptors (Lipinski definition) is 30. The number of rotatable bonds is 6. The van der Waals surface area contributed by atoms with Crippen LogP contribution >= 0.6 is 57.5 Å². The van der Waals surface area contributed by atoms with Crippen LogP contribution in [0.15, 0.2) is 0 Å². The third-order valence-corrected chi connectivity index (χ3v) is 13.8. The molecule has 6 unspecified atom stereocenters. The Bertz CT molecular complexity index is 1930. The van der Waals surface area contributed by atoms with E-state index >= 15 is 0 Å². The number of piperidine rings is 2. The quantitative estimate of drug-likeness (QED) is 0.0683. The van der Waals surface area contributed by atoms with Gasteiger partial charge in [-0.25, -0.2) is 4.79 Å². The maximum atomic E-state index is 11.7. The van der Waals surface area contributed by atoms with Gasteiger partial charge in [0.1, 0.15) is 97.8 Å². The molecule has 8 aliphatic rings. The summed E-state index contributed by atoms with van der Waals surface area (Å²) in [5.41, 5.74) is -0.382. The molecule has 3 radical (unpaired) electrons. The van der Waals surface area contributed by atoms with Crippen LogP contribution in [0.25, 0.3) is 0 Å².